The van der Waals surface area contributed by atoms with Crippen molar-refractivity contribution in [3.05, 3.63) is 90.1 Å². The van der Waals surface area contributed by atoms with E-state index in [1.165, 1.54) is 12.1 Å². The van der Waals surface area contributed by atoms with Crippen LogP contribution in [0, 0.1) is 5.92 Å². The van der Waals surface area contributed by atoms with Crippen LogP contribution in [0.4, 0.5) is 0 Å². The zero-order chi connectivity index (χ0) is 24.9. The summed E-state index contributed by atoms with van der Waals surface area (Å²) in [6, 6.07) is 21.2. The number of nitrogens with zero attached hydrogens (tertiary/aromatic N) is 1. The number of aliphatic hydroxyl groups excluding tert-OH is 1. The minimum atomic E-state index is -1.06. The third-order valence-electron chi connectivity index (χ3n) is 5.57. The third-order valence-corrected chi connectivity index (χ3v) is 5.57. The lowest BCUT2D eigenvalue weighted by molar-refractivity contribution is 0.0696. The number of ether oxygens (including phenoxy) is 2. The Labute approximate surface area is 203 Å². The van der Waals surface area contributed by atoms with Crippen LogP contribution in [0.25, 0.3) is 10.9 Å². The van der Waals surface area contributed by atoms with E-state index in [-0.39, 0.29) is 30.4 Å². The van der Waals surface area contributed by atoms with Crippen LogP contribution in [0.15, 0.2) is 79.0 Å². The number of hydrogen-bond acceptors (Lipinski definition) is 5. The quantitative estimate of drug-likeness (QED) is 0.299. The largest absolute Gasteiger partial charge is 0.491 e. The van der Waals surface area contributed by atoms with E-state index in [1.807, 2.05) is 30.3 Å². The number of aliphatic hydroxyl groups is 1. The molecule has 4 rings (SSSR count). The van der Waals surface area contributed by atoms with Gasteiger partial charge in [-0.1, -0.05) is 32.0 Å². The molecule has 1 heterocycles. The molecule has 0 saturated heterocycles. The average molecular weight is 474 g/mol. The molecule has 0 radical (unpaired) electrons. The van der Waals surface area contributed by atoms with Crippen molar-refractivity contribution >= 4 is 22.7 Å². The summed E-state index contributed by atoms with van der Waals surface area (Å²) in [7, 11) is 0. The number of carboxylic acids is 1. The fourth-order valence-electron chi connectivity index (χ4n) is 3.79. The third kappa shape index (κ3) is 5.70. The topological polar surface area (TPSA) is 98.0 Å². The minimum Gasteiger partial charge on any atom is -0.491 e. The van der Waals surface area contributed by atoms with Gasteiger partial charge in [0.2, 0.25) is 0 Å². The monoisotopic (exact) mass is 473 g/mol. The molecule has 1 aromatic heterocycles. The van der Waals surface area contributed by atoms with Crippen molar-refractivity contribution in [2.75, 3.05) is 6.61 Å². The lowest BCUT2D eigenvalue weighted by Crippen LogP contribution is -2.23. The van der Waals surface area contributed by atoms with Gasteiger partial charge in [0.05, 0.1) is 12.1 Å². The number of fused-ring (bicyclic) bond motifs is 1. The molecule has 7 nitrogen and oxygen atoms in total. The Balaban J connectivity index is 1.44. The Morgan fingerprint density at radius 1 is 0.914 bits per heavy atom. The molecule has 0 aliphatic heterocycles. The highest BCUT2D eigenvalue weighted by molar-refractivity contribution is 6.10. The second-order valence-electron chi connectivity index (χ2n) is 8.60. The van der Waals surface area contributed by atoms with Gasteiger partial charge >= 0.3 is 5.97 Å². The van der Waals surface area contributed by atoms with Crippen molar-refractivity contribution < 1.29 is 29.3 Å². The van der Waals surface area contributed by atoms with E-state index >= 15 is 0 Å². The molecule has 2 N–H and O–H groups in total. The smallest absolute Gasteiger partial charge is 0.335 e. The summed E-state index contributed by atoms with van der Waals surface area (Å²) >= 11 is 0. The summed E-state index contributed by atoms with van der Waals surface area (Å²) in [5.41, 5.74) is 1.23. The Morgan fingerprint density at radius 3 is 2.23 bits per heavy atom. The lowest BCUT2D eigenvalue weighted by Gasteiger charge is -2.14. The van der Waals surface area contributed by atoms with Crippen LogP contribution < -0.4 is 9.47 Å². The highest BCUT2D eigenvalue weighted by atomic mass is 16.5. The normalized spacial score (nSPS) is 12.0. The van der Waals surface area contributed by atoms with Gasteiger partial charge in [-0.2, -0.15) is 0 Å². The number of aromatic carboxylic acids is 1. The number of carbonyl (C=O) groups excluding carboxylic acids is 1. The zero-order valence-electron chi connectivity index (χ0n) is 19.5. The molecule has 4 aromatic rings. The van der Waals surface area contributed by atoms with E-state index in [0.717, 1.165) is 5.75 Å². The van der Waals surface area contributed by atoms with Crippen molar-refractivity contribution in [3.8, 4) is 17.2 Å². The molecule has 0 bridgehead atoms. The maximum atomic E-state index is 12.7. The Bertz CT molecular complexity index is 1330. The molecule has 180 valence electrons. The van der Waals surface area contributed by atoms with Crippen LogP contribution in [0.2, 0.25) is 0 Å². The maximum absolute atomic E-state index is 12.7. The summed E-state index contributed by atoms with van der Waals surface area (Å²) in [4.78, 5) is 24.2. The predicted octanol–water partition coefficient (Wildman–Crippen LogP) is 5.41. The number of Topliss-reactive ketones (excluding diaryl/α,β-unsaturated/α-hetero) is 1. The number of carbonyl (C=O) groups is 2. The number of carboxylic acid groups (broad SMARTS) is 1. The van der Waals surface area contributed by atoms with Gasteiger partial charge in [-0.25, -0.2) is 4.79 Å². The van der Waals surface area contributed by atoms with E-state index in [2.05, 4.69) is 0 Å². The molecular weight excluding hydrogens is 446 g/mol. The van der Waals surface area contributed by atoms with Crippen LogP contribution in [0.3, 0.4) is 0 Å². The van der Waals surface area contributed by atoms with Crippen LogP contribution >= 0.6 is 0 Å². The van der Waals surface area contributed by atoms with Crippen molar-refractivity contribution in [2.45, 2.75) is 26.5 Å². The molecule has 0 fully saturated rings. The zero-order valence-corrected chi connectivity index (χ0v) is 19.5. The van der Waals surface area contributed by atoms with E-state index in [1.54, 1.807) is 54.9 Å². The maximum Gasteiger partial charge on any atom is 0.335 e. The second kappa shape index (κ2) is 10.4. The molecule has 0 saturated carbocycles. The van der Waals surface area contributed by atoms with Crippen LogP contribution in [-0.2, 0) is 6.54 Å². The van der Waals surface area contributed by atoms with Gasteiger partial charge in [0.15, 0.2) is 5.78 Å². The van der Waals surface area contributed by atoms with Crippen LogP contribution in [0.5, 0.6) is 17.2 Å². The molecule has 0 spiro atoms. The number of aromatic nitrogens is 1. The standard InChI is InChI=1S/C28H27NO6/c1-18(2)27(31)25-16-29(26-13-8-19(28(32)33)14-24(25)26)15-20(30)17-34-21-9-11-23(12-10-21)35-22-6-4-3-5-7-22/h3-14,16,18,20,30H,15,17H2,1-2H3,(H,32,33)/t20-/m1/s1. The predicted molar refractivity (Wildman–Crippen MR) is 133 cm³/mol. The molecular formula is C28H27NO6. The Kier molecular flexibility index (Phi) is 7.17. The summed E-state index contributed by atoms with van der Waals surface area (Å²) in [5.74, 6) is 0.608. The molecule has 1 atom stereocenters. The first-order valence-corrected chi connectivity index (χ1v) is 11.4. The summed E-state index contributed by atoms with van der Waals surface area (Å²) in [5, 5.41) is 20.5. The lowest BCUT2D eigenvalue weighted by atomic mass is 10.00. The molecule has 7 heteroatoms. The first kappa shape index (κ1) is 24.0. The first-order valence-electron chi connectivity index (χ1n) is 11.4. The minimum absolute atomic E-state index is 0.0409. The van der Waals surface area contributed by atoms with Crippen LogP contribution in [0.1, 0.15) is 34.6 Å². The fraction of sp³-hybridized carbons (Fsp3) is 0.214. The van der Waals surface area contributed by atoms with E-state index in [9.17, 15) is 19.8 Å². The van der Waals surface area contributed by atoms with Gasteiger partial charge in [0.1, 0.15) is 30.0 Å². The first-order chi connectivity index (χ1) is 16.8. The number of benzene rings is 3. The van der Waals surface area contributed by atoms with Gasteiger partial charge < -0.3 is 24.3 Å². The van der Waals surface area contributed by atoms with Crippen molar-refractivity contribution in [1.82, 2.24) is 4.57 Å². The second-order valence-corrected chi connectivity index (χ2v) is 8.60. The van der Waals surface area contributed by atoms with E-state index in [0.29, 0.717) is 28.0 Å². The van der Waals surface area contributed by atoms with Gasteiger partial charge in [-0.05, 0) is 54.6 Å². The van der Waals surface area contributed by atoms with Crippen molar-refractivity contribution in [2.24, 2.45) is 5.92 Å². The summed E-state index contributed by atoms with van der Waals surface area (Å²) in [6.45, 7) is 3.82. The highest BCUT2D eigenvalue weighted by Crippen LogP contribution is 2.27. The number of ketones is 1. The molecule has 0 aliphatic rings. The van der Waals surface area contributed by atoms with Crippen molar-refractivity contribution in [3.63, 3.8) is 0 Å². The van der Waals surface area contributed by atoms with Gasteiger partial charge in [-0.15, -0.1) is 0 Å². The molecule has 35 heavy (non-hydrogen) atoms. The number of para-hydroxylation sites is 1. The highest BCUT2D eigenvalue weighted by Gasteiger charge is 2.20. The van der Waals surface area contributed by atoms with Gasteiger partial charge in [0.25, 0.3) is 0 Å². The molecule has 0 unspecified atom stereocenters. The molecule has 0 aliphatic carbocycles. The van der Waals surface area contributed by atoms with Gasteiger partial charge in [0, 0.05) is 28.6 Å². The summed E-state index contributed by atoms with van der Waals surface area (Å²) in [6.07, 6.45) is 0.824. The van der Waals surface area contributed by atoms with E-state index < -0.39 is 12.1 Å². The SMILES string of the molecule is CC(C)C(=O)c1cn(C[C@@H](O)COc2ccc(Oc3ccccc3)cc2)c2ccc(C(=O)O)cc12. The van der Waals surface area contributed by atoms with Crippen LogP contribution in [-0.4, -0.2) is 39.2 Å². The van der Waals surface area contributed by atoms with Crippen molar-refractivity contribution in [1.29, 1.82) is 0 Å². The Hall–Kier alpha value is -4.10. The fourth-order valence-corrected chi connectivity index (χ4v) is 3.79. The average Bonchev–Trinajstić information content (AvgIpc) is 3.21. The van der Waals surface area contributed by atoms with Gasteiger partial charge in [-0.3, -0.25) is 4.79 Å². The number of rotatable bonds is 10. The molecule has 0 amide bonds. The van der Waals surface area contributed by atoms with E-state index in [4.69, 9.17) is 9.47 Å². The molecule has 3 aromatic carbocycles. The number of hydrogen-bond donors (Lipinski definition) is 2. The Morgan fingerprint density at radius 2 is 1.57 bits per heavy atom. The summed E-state index contributed by atoms with van der Waals surface area (Å²) < 4.78 is 13.3.